The molecule has 31 heavy (non-hydrogen) atoms. The number of hydrogen-bond acceptors (Lipinski definition) is 6. The normalized spacial score (nSPS) is 14.5. The van der Waals surface area contributed by atoms with E-state index in [9.17, 15) is 0 Å². The highest BCUT2D eigenvalue weighted by molar-refractivity contribution is 6.09. The van der Waals surface area contributed by atoms with Gasteiger partial charge in [-0.3, -0.25) is 4.99 Å². The van der Waals surface area contributed by atoms with Crippen LogP contribution < -0.4 is 19.5 Å². The number of benzene rings is 2. The molecule has 160 valence electrons. The molecule has 2 heterocycles. The van der Waals surface area contributed by atoms with Crippen LogP contribution in [-0.2, 0) is 0 Å². The molecule has 0 unspecified atom stereocenters. The van der Waals surface area contributed by atoms with Crippen LogP contribution in [0.5, 0.6) is 23.1 Å². The molecule has 0 spiro atoms. The predicted molar refractivity (Wildman–Crippen MR) is 123 cm³/mol. The molecule has 0 radical (unpaired) electrons. The molecule has 2 aromatic carbocycles. The number of aliphatic imine (C=N–C) groups is 1. The topological polar surface area (TPSA) is 65.0 Å². The van der Waals surface area contributed by atoms with E-state index in [0.717, 1.165) is 55.0 Å². The fraction of sp³-hybridized carbons (Fsp3) is 0.280. The molecule has 0 fully saturated rings. The third-order valence-corrected chi connectivity index (χ3v) is 4.99. The van der Waals surface area contributed by atoms with Crippen molar-refractivity contribution in [1.29, 1.82) is 0 Å². The number of aromatic nitrogens is 1. The van der Waals surface area contributed by atoms with Crippen molar-refractivity contribution in [2.75, 3.05) is 25.6 Å². The molecule has 3 aromatic rings. The molecule has 1 aliphatic rings. The quantitative estimate of drug-likeness (QED) is 0.580. The van der Waals surface area contributed by atoms with Gasteiger partial charge >= 0.3 is 0 Å². The van der Waals surface area contributed by atoms with Crippen molar-refractivity contribution < 1.29 is 14.2 Å². The number of methoxy groups -OCH3 is 1. The molecular formula is C25H27N3O3. The van der Waals surface area contributed by atoms with Crippen molar-refractivity contribution in [1.82, 2.24) is 4.98 Å². The number of anilines is 1. The SMILES string of the molecule is COc1cccc(NC2=NCCCCCCOc3ccccc3Oc3ncccc32)c1. The van der Waals surface area contributed by atoms with Gasteiger partial charge in [0.25, 0.3) is 0 Å². The van der Waals surface area contributed by atoms with Crippen LogP contribution in [0.15, 0.2) is 71.9 Å². The Balaban J connectivity index is 1.71. The van der Waals surface area contributed by atoms with Crippen molar-refractivity contribution in [2.45, 2.75) is 25.7 Å². The lowest BCUT2D eigenvalue weighted by Gasteiger charge is -2.17. The van der Waals surface area contributed by atoms with Gasteiger partial charge in [0.15, 0.2) is 11.5 Å². The summed E-state index contributed by atoms with van der Waals surface area (Å²) in [4.78, 5) is 9.36. The zero-order chi connectivity index (χ0) is 21.3. The Hall–Kier alpha value is -3.54. The molecule has 6 heteroatoms. The van der Waals surface area contributed by atoms with Crippen molar-refractivity contribution in [3.8, 4) is 23.1 Å². The van der Waals surface area contributed by atoms with Gasteiger partial charge in [-0.05, 0) is 55.7 Å². The van der Waals surface area contributed by atoms with Crippen LogP contribution in [-0.4, -0.2) is 31.1 Å². The molecule has 0 amide bonds. The van der Waals surface area contributed by atoms with Gasteiger partial charge in [-0.15, -0.1) is 0 Å². The first-order chi connectivity index (χ1) is 15.3. The molecule has 0 saturated carbocycles. The van der Waals surface area contributed by atoms with Crippen LogP contribution in [0.25, 0.3) is 0 Å². The smallest absolute Gasteiger partial charge is 0.230 e. The zero-order valence-corrected chi connectivity index (χ0v) is 17.7. The summed E-state index contributed by atoms with van der Waals surface area (Å²) in [5, 5.41) is 3.43. The lowest BCUT2D eigenvalue weighted by Crippen LogP contribution is -2.16. The summed E-state index contributed by atoms with van der Waals surface area (Å²) >= 11 is 0. The van der Waals surface area contributed by atoms with Crippen LogP contribution in [0.4, 0.5) is 5.69 Å². The van der Waals surface area contributed by atoms with Crippen LogP contribution >= 0.6 is 0 Å². The van der Waals surface area contributed by atoms with E-state index in [1.807, 2.05) is 60.7 Å². The average molecular weight is 418 g/mol. The van der Waals surface area contributed by atoms with E-state index in [2.05, 4.69) is 10.3 Å². The second-order valence-corrected chi connectivity index (χ2v) is 7.25. The monoisotopic (exact) mass is 417 g/mol. The van der Waals surface area contributed by atoms with Gasteiger partial charge in [0.05, 0.1) is 19.3 Å². The van der Waals surface area contributed by atoms with Gasteiger partial charge in [0.2, 0.25) is 5.88 Å². The lowest BCUT2D eigenvalue weighted by molar-refractivity contribution is 0.290. The Kier molecular flexibility index (Phi) is 7.00. The predicted octanol–water partition coefficient (Wildman–Crippen LogP) is 5.69. The van der Waals surface area contributed by atoms with Crippen LogP contribution in [0, 0.1) is 0 Å². The summed E-state index contributed by atoms with van der Waals surface area (Å²) in [5.41, 5.74) is 1.68. The van der Waals surface area contributed by atoms with Crippen molar-refractivity contribution >= 4 is 11.5 Å². The summed E-state index contributed by atoms with van der Waals surface area (Å²) in [5.74, 6) is 3.33. The maximum atomic E-state index is 6.22. The van der Waals surface area contributed by atoms with Crippen LogP contribution in [0.2, 0.25) is 0 Å². The lowest BCUT2D eigenvalue weighted by atomic mass is 10.2. The second kappa shape index (κ2) is 10.5. The summed E-state index contributed by atoms with van der Waals surface area (Å²) in [6, 6.07) is 19.3. The Morgan fingerprint density at radius 2 is 1.77 bits per heavy atom. The third-order valence-electron chi connectivity index (χ3n) is 4.99. The molecular weight excluding hydrogens is 390 g/mol. The van der Waals surface area contributed by atoms with E-state index in [1.54, 1.807) is 13.3 Å². The van der Waals surface area contributed by atoms with Crippen LogP contribution in [0.3, 0.4) is 0 Å². The summed E-state index contributed by atoms with van der Waals surface area (Å²) < 4.78 is 17.6. The molecule has 0 saturated heterocycles. The Labute approximate surface area is 182 Å². The van der Waals surface area contributed by atoms with Crippen molar-refractivity contribution in [2.24, 2.45) is 4.99 Å². The molecule has 0 bridgehead atoms. The minimum absolute atomic E-state index is 0.477. The largest absolute Gasteiger partial charge is 0.497 e. The number of fused-ring (bicyclic) bond motifs is 2. The minimum Gasteiger partial charge on any atom is -0.497 e. The Bertz CT molecular complexity index is 1040. The molecule has 6 nitrogen and oxygen atoms in total. The van der Waals surface area contributed by atoms with E-state index < -0.39 is 0 Å². The van der Waals surface area contributed by atoms with Gasteiger partial charge in [0.1, 0.15) is 11.6 Å². The maximum Gasteiger partial charge on any atom is 0.230 e. The number of para-hydroxylation sites is 2. The average Bonchev–Trinajstić information content (AvgIpc) is 2.81. The number of ether oxygens (including phenoxy) is 3. The molecule has 1 aromatic heterocycles. The van der Waals surface area contributed by atoms with Crippen LogP contribution in [0.1, 0.15) is 31.2 Å². The standard InChI is InChI=1S/C25H27N3O3/c1-29-20-11-8-10-19(18-20)28-24-21-12-9-16-27-25(21)31-23-14-5-4-13-22(23)30-17-7-3-2-6-15-26-24/h4-5,8-14,16,18H,2-3,6-7,15,17H2,1H3,(H,26,28). The Morgan fingerprint density at radius 3 is 2.68 bits per heavy atom. The summed E-state index contributed by atoms with van der Waals surface area (Å²) in [6.07, 6.45) is 5.94. The van der Waals surface area contributed by atoms with E-state index in [-0.39, 0.29) is 0 Å². The highest BCUT2D eigenvalue weighted by atomic mass is 16.5. The fourth-order valence-corrected chi connectivity index (χ4v) is 3.38. The first-order valence-corrected chi connectivity index (χ1v) is 10.6. The van der Waals surface area contributed by atoms with Gasteiger partial charge in [0, 0.05) is 24.5 Å². The number of hydrogen-bond donors (Lipinski definition) is 1. The number of nitrogens with one attached hydrogen (secondary N) is 1. The minimum atomic E-state index is 0.477. The van der Waals surface area contributed by atoms with E-state index >= 15 is 0 Å². The summed E-state index contributed by atoms with van der Waals surface area (Å²) in [6.45, 7) is 1.39. The first kappa shape index (κ1) is 20.7. The molecule has 1 aliphatic heterocycles. The van der Waals surface area contributed by atoms with Gasteiger partial charge in [-0.2, -0.15) is 0 Å². The molecule has 0 aliphatic carbocycles. The molecule has 0 atom stereocenters. The van der Waals surface area contributed by atoms with E-state index in [1.165, 1.54) is 0 Å². The van der Waals surface area contributed by atoms with Gasteiger partial charge in [-0.25, -0.2) is 4.98 Å². The van der Waals surface area contributed by atoms with Crippen molar-refractivity contribution in [3.05, 3.63) is 72.4 Å². The zero-order valence-electron chi connectivity index (χ0n) is 17.7. The summed E-state index contributed by atoms with van der Waals surface area (Å²) in [7, 11) is 1.66. The molecule has 1 N–H and O–H groups in total. The second-order valence-electron chi connectivity index (χ2n) is 7.25. The number of nitrogens with zero attached hydrogens (tertiary/aromatic N) is 2. The maximum absolute atomic E-state index is 6.22. The van der Waals surface area contributed by atoms with E-state index in [4.69, 9.17) is 19.2 Å². The van der Waals surface area contributed by atoms with E-state index in [0.29, 0.717) is 24.1 Å². The van der Waals surface area contributed by atoms with Gasteiger partial charge < -0.3 is 19.5 Å². The highest BCUT2D eigenvalue weighted by Gasteiger charge is 2.16. The number of rotatable bonds is 2. The Morgan fingerprint density at radius 1 is 0.903 bits per heavy atom. The number of pyridine rings is 1. The van der Waals surface area contributed by atoms with Crippen molar-refractivity contribution in [3.63, 3.8) is 0 Å². The number of amidine groups is 1. The van der Waals surface area contributed by atoms with Gasteiger partial charge in [-0.1, -0.05) is 24.6 Å². The highest BCUT2D eigenvalue weighted by Crippen LogP contribution is 2.32. The molecule has 4 rings (SSSR count). The first-order valence-electron chi connectivity index (χ1n) is 10.6. The third kappa shape index (κ3) is 5.54. The fourth-order valence-electron chi connectivity index (χ4n) is 3.38.